The summed E-state index contributed by atoms with van der Waals surface area (Å²) in [4.78, 5) is 0. The highest BCUT2D eigenvalue weighted by atomic mass is 16.5. The van der Waals surface area contributed by atoms with Gasteiger partial charge >= 0.3 is 0 Å². The Morgan fingerprint density at radius 3 is 2.89 bits per heavy atom. The van der Waals surface area contributed by atoms with Crippen LogP contribution in [-0.2, 0) is 11.3 Å². The van der Waals surface area contributed by atoms with Gasteiger partial charge in [0.05, 0.1) is 25.9 Å². The van der Waals surface area contributed by atoms with Crippen molar-refractivity contribution in [1.29, 1.82) is 0 Å². The van der Waals surface area contributed by atoms with Gasteiger partial charge < -0.3 is 19.9 Å². The van der Waals surface area contributed by atoms with E-state index in [-0.39, 0.29) is 0 Å². The van der Waals surface area contributed by atoms with E-state index in [1.54, 1.807) is 14.0 Å². The SMILES string of the molecule is COc1cccc(COCC(C)(O)CNC2CC2)c1. The molecule has 0 saturated heterocycles. The summed E-state index contributed by atoms with van der Waals surface area (Å²) in [6.07, 6.45) is 2.45. The second-order valence-corrected chi connectivity index (χ2v) is 5.50. The van der Waals surface area contributed by atoms with Gasteiger partial charge in [-0.25, -0.2) is 0 Å². The summed E-state index contributed by atoms with van der Waals surface area (Å²) in [5.41, 5.74) is 0.229. The van der Waals surface area contributed by atoms with Gasteiger partial charge in [-0.1, -0.05) is 12.1 Å². The van der Waals surface area contributed by atoms with E-state index >= 15 is 0 Å². The number of hydrogen-bond acceptors (Lipinski definition) is 4. The van der Waals surface area contributed by atoms with Crippen LogP contribution in [0, 0.1) is 0 Å². The quantitative estimate of drug-likeness (QED) is 0.751. The molecule has 0 radical (unpaired) electrons. The Labute approximate surface area is 114 Å². The average molecular weight is 265 g/mol. The summed E-state index contributed by atoms with van der Waals surface area (Å²) >= 11 is 0. The average Bonchev–Trinajstić information content (AvgIpc) is 3.21. The highest BCUT2D eigenvalue weighted by Crippen LogP contribution is 2.19. The maximum absolute atomic E-state index is 10.2. The molecule has 0 amide bonds. The van der Waals surface area contributed by atoms with Gasteiger partial charge in [0.1, 0.15) is 5.75 Å². The van der Waals surface area contributed by atoms with Crippen molar-refractivity contribution in [3.8, 4) is 5.75 Å². The molecule has 4 heteroatoms. The minimum Gasteiger partial charge on any atom is -0.497 e. The fourth-order valence-electron chi connectivity index (χ4n) is 1.85. The van der Waals surface area contributed by atoms with E-state index in [4.69, 9.17) is 9.47 Å². The van der Waals surface area contributed by atoms with Crippen LogP contribution in [0.5, 0.6) is 5.75 Å². The third-order valence-electron chi connectivity index (χ3n) is 3.16. The molecule has 0 aromatic heterocycles. The summed E-state index contributed by atoms with van der Waals surface area (Å²) in [6.45, 7) is 3.18. The zero-order valence-electron chi connectivity index (χ0n) is 11.7. The summed E-state index contributed by atoms with van der Waals surface area (Å²) < 4.78 is 10.8. The predicted molar refractivity (Wildman–Crippen MR) is 74.3 cm³/mol. The molecule has 1 aliphatic carbocycles. The third kappa shape index (κ3) is 5.19. The highest BCUT2D eigenvalue weighted by molar-refractivity contribution is 5.27. The molecular weight excluding hydrogens is 242 g/mol. The molecule has 0 spiro atoms. The monoisotopic (exact) mass is 265 g/mol. The predicted octanol–water partition coefficient (Wildman–Crippen LogP) is 1.71. The smallest absolute Gasteiger partial charge is 0.119 e. The largest absolute Gasteiger partial charge is 0.497 e. The van der Waals surface area contributed by atoms with Crippen LogP contribution in [0.1, 0.15) is 25.3 Å². The minimum absolute atomic E-state index is 0.323. The van der Waals surface area contributed by atoms with Crippen LogP contribution in [0.3, 0.4) is 0 Å². The molecule has 2 rings (SSSR count). The molecule has 1 aromatic carbocycles. The third-order valence-corrected chi connectivity index (χ3v) is 3.16. The lowest BCUT2D eigenvalue weighted by Gasteiger charge is -2.23. The Morgan fingerprint density at radius 1 is 1.42 bits per heavy atom. The fraction of sp³-hybridized carbons (Fsp3) is 0.600. The Kier molecular flexibility index (Phi) is 4.80. The molecule has 1 saturated carbocycles. The molecule has 1 atom stereocenters. The first-order chi connectivity index (χ1) is 9.09. The van der Waals surface area contributed by atoms with Crippen LogP contribution in [0.4, 0.5) is 0 Å². The molecule has 1 fully saturated rings. The van der Waals surface area contributed by atoms with Gasteiger partial charge in [-0.2, -0.15) is 0 Å². The molecule has 106 valence electrons. The van der Waals surface area contributed by atoms with Crippen molar-refractivity contribution < 1.29 is 14.6 Å². The van der Waals surface area contributed by atoms with Crippen LogP contribution in [-0.4, -0.2) is 37.0 Å². The van der Waals surface area contributed by atoms with Crippen molar-refractivity contribution in [2.24, 2.45) is 0 Å². The second-order valence-electron chi connectivity index (χ2n) is 5.50. The van der Waals surface area contributed by atoms with Crippen LogP contribution in [0.2, 0.25) is 0 Å². The summed E-state index contributed by atoms with van der Waals surface area (Å²) in [5, 5.41) is 13.5. The lowest BCUT2D eigenvalue weighted by atomic mass is 10.1. The van der Waals surface area contributed by atoms with Crippen LogP contribution in [0.15, 0.2) is 24.3 Å². The van der Waals surface area contributed by atoms with Crippen molar-refractivity contribution in [3.05, 3.63) is 29.8 Å². The maximum Gasteiger partial charge on any atom is 0.119 e. The molecule has 1 aromatic rings. The first-order valence-electron chi connectivity index (χ1n) is 6.75. The lowest BCUT2D eigenvalue weighted by molar-refractivity contribution is -0.0382. The van der Waals surface area contributed by atoms with Gasteiger partial charge in [0.25, 0.3) is 0 Å². The van der Waals surface area contributed by atoms with Gasteiger partial charge in [-0.05, 0) is 37.5 Å². The minimum atomic E-state index is -0.818. The second kappa shape index (κ2) is 6.37. The Bertz CT molecular complexity index is 402. The number of nitrogens with one attached hydrogen (secondary N) is 1. The maximum atomic E-state index is 10.2. The van der Waals surface area contributed by atoms with Gasteiger partial charge in [-0.15, -0.1) is 0 Å². The highest BCUT2D eigenvalue weighted by Gasteiger charge is 2.26. The molecule has 0 aliphatic heterocycles. The van der Waals surface area contributed by atoms with E-state index in [0.29, 0.717) is 25.8 Å². The number of benzene rings is 1. The van der Waals surface area contributed by atoms with Crippen molar-refractivity contribution in [3.63, 3.8) is 0 Å². The Hall–Kier alpha value is -1.10. The lowest BCUT2D eigenvalue weighted by Crippen LogP contribution is -2.42. The fourth-order valence-corrected chi connectivity index (χ4v) is 1.85. The molecule has 2 N–H and O–H groups in total. The molecule has 19 heavy (non-hydrogen) atoms. The molecule has 4 nitrogen and oxygen atoms in total. The van der Waals surface area contributed by atoms with E-state index in [1.165, 1.54) is 12.8 Å². The van der Waals surface area contributed by atoms with Crippen LogP contribution < -0.4 is 10.1 Å². The normalized spacial score (nSPS) is 18.1. The van der Waals surface area contributed by atoms with E-state index in [0.717, 1.165) is 11.3 Å². The standard InChI is InChI=1S/C15H23NO3/c1-15(17,10-16-13-6-7-13)11-19-9-12-4-3-5-14(8-12)18-2/h3-5,8,13,16-17H,6-7,9-11H2,1-2H3. The molecular formula is C15H23NO3. The van der Waals surface area contributed by atoms with Crippen molar-refractivity contribution in [2.45, 2.75) is 38.0 Å². The Morgan fingerprint density at radius 2 is 2.21 bits per heavy atom. The molecule has 1 aliphatic rings. The van der Waals surface area contributed by atoms with Crippen molar-refractivity contribution in [2.75, 3.05) is 20.3 Å². The van der Waals surface area contributed by atoms with E-state index < -0.39 is 5.60 Å². The number of methoxy groups -OCH3 is 1. The number of ether oxygens (including phenoxy) is 2. The Balaban J connectivity index is 1.71. The van der Waals surface area contributed by atoms with Crippen molar-refractivity contribution >= 4 is 0 Å². The van der Waals surface area contributed by atoms with E-state index in [2.05, 4.69) is 5.32 Å². The number of hydrogen-bond donors (Lipinski definition) is 2. The first-order valence-corrected chi connectivity index (χ1v) is 6.75. The summed E-state index contributed by atoms with van der Waals surface area (Å²) in [7, 11) is 1.65. The van der Waals surface area contributed by atoms with Crippen LogP contribution in [0.25, 0.3) is 0 Å². The molecule has 0 heterocycles. The first kappa shape index (κ1) is 14.3. The van der Waals surface area contributed by atoms with Crippen molar-refractivity contribution in [1.82, 2.24) is 5.32 Å². The van der Waals surface area contributed by atoms with Gasteiger partial charge in [-0.3, -0.25) is 0 Å². The molecule has 1 unspecified atom stereocenters. The molecule has 0 bridgehead atoms. The zero-order chi connectivity index (χ0) is 13.7. The van der Waals surface area contributed by atoms with Gasteiger partial charge in [0.15, 0.2) is 0 Å². The van der Waals surface area contributed by atoms with E-state index in [1.807, 2.05) is 24.3 Å². The van der Waals surface area contributed by atoms with E-state index in [9.17, 15) is 5.11 Å². The van der Waals surface area contributed by atoms with Crippen LogP contribution >= 0.6 is 0 Å². The summed E-state index contributed by atoms with van der Waals surface area (Å²) in [6, 6.07) is 8.37. The summed E-state index contributed by atoms with van der Waals surface area (Å²) in [5.74, 6) is 0.822. The zero-order valence-corrected chi connectivity index (χ0v) is 11.7. The topological polar surface area (TPSA) is 50.7 Å². The number of rotatable bonds is 8. The van der Waals surface area contributed by atoms with Gasteiger partial charge in [0, 0.05) is 12.6 Å². The number of aliphatic hydroxyl groups is 1. The van der Waals surface area contributed by atoms with Gasteiger partial charge in [0.2, 0.25) is 0 Å².